The molecular weight excluding hydrogens is 278 g/mol. The van der Waals surface area contributed by atoms with Crippen LogP contribution in [0.4, 0.5) is 5.69 Å². The highest BCUT2D eigenvalue weighted by Gasteiger charge is 2.22. The summed E-state index contributed by atoms with van der Waals surface area (Å²) >= 11 is 1.83. The number of methoxy groups -OCH3 is 1. The second-order valence-electron chi connectivity index (χ2n) is 4.35. The Hall–Kier alpha value is -1.73. The summed E-state index contributed by atoms with van der Waals surface area (Å²) in [6.07, 6.45) is -0.0955. The van der Waals surface area contributed by atoms with Gasteiger partial charge in [0.05, 0.1) is 19.4 Å². The van der Waals surface area contributed by atoms with E-state index in [1.807, 2.05) is 17.8 Å². The Bertz CT molecular complexity index is 596. The van der Waals surface area contributed by atoms with Crippen molar-refractivity contribution in [3.63, 3.8) is 0 Å². The normalized spacial score (nSPS) is 18.9. The van der Waals surface area contributed by atoms with Gasteiger partial charge in [-0.15, -0.1) is 0 Å². The van der Waals surface area contributed by atoms with Gasteiger partial charge in [0.2, 0.25) is 5.82 Å². The van der Waals surface area contributed by atoms with E-state index in [1.165, 1.54) is 0 Å². The standard InChI is InChI=1S/C13H15N3O3S/c1-17-10-3-2-8(6-9(10)14)13-15-12(16-19-13)11-7-20-5-4-18-11/h2-3,6,11H,4-5,7,14H2,1H3. The van der Waals surface area contributed by atoms with E-state index in [1.54, 1.807) is 19.2 Å². The first-order chi connectivity index (χ1) is 9.78. The summed E-state index contributed by atoms with van der Waals surface area (Å²) < 4.78 is 16.0. The van der Waals surface area contributed by atoms with Crippen molar-refractivity contribution in [3.8, 4) is 17.2 Å². The zero-order valence-electron chi connectivity index (χ0n) is 11.0. The molecule has 1 aromatic carbocycles. The van der Waals surface area contributed by atoms with Crippen LogP contribution < -0.4 is 10.5 Å². The van der Waals surface area contributed by atoms with Gasteiger partial charge in [-0.25, -0.2) is 0 Å². The second kappa shape index (κ2) is 5.72. The molecule has 1 atom stereocenters. The van der Waals surface area contributed by atoms with Crippen molar-refractivity contribution < 1.29 is 14.0 Å². The number of nitrogen functional groups attached to an aromatic ring is 1. The number of hydrogen-bond acceptors (Lipinski definition) is 7. The number of benzene rings is 1. The summed E-state index contributed by atoms with van der Waals surface area (Å²) in [6, 6.07) is 5.37. The average molecular weight is 293 g/mol. The van der Waals surface area contributed by atoms with Gasteiger partial charge in [-0.05, 0) is 18.2 Å². The maximum atomic E-state index is 5.88. The zero-order valence-corrected chi connectivity index (χ0v) is 11.9. The molecule has 1 aliphatic heterocycles. The van der Waals surface area contributed by atoms with Gasteiger partial charge in [-0.1, -0.05) is 5.16 Å². The van der Waals surface area contributed by atoms with Gasteiger partial charge in [0.1, 0.15) is 11.9 Å². The van der Waals surface area contributed by atoms with Gasteiger partial charge in [0.25, 0.3) is 5.89 Å². The predicted octanol–water partition coefficient (Wildman–Crippen LogP) is 2.13. The first-order valence-corrected chi connectivity index (χ1v) is 7.40. The van der Waals surface area contributed by atoms with E-state index in [9.17, 15) is 0 Å². The van der Waals surface area contributed by atoms with Crippen LogP contribution in [0.2, 0.25) is 0 Å². The van der Waals surface area contributed by atoms with E-state index in [2.05, 4.69) is 10.1 Å². The molecule has 3 rings (SSSR count). The van der Waals surface area contributed by atoms with Crippen molar-refractivity contribution in [2.24, 2.45) is 0 Å². The first kappa shape index (κ1) is 13.3. The number of ether oxygens (including phenoxy) is 2. The lowest BCUT2D eigenvalue weighted by molar-refractivity contribution is 0.0677. The topological polar surface area (TPSA) is 83.4 Å². The van der Waals surface area contributed by atoms with Crippen molar-refractivity contribution >= 4 is 17.4 Å². The van der Waals surface area contributed by atoms with E-state index in [4.69, 9.17) is 19.7 Å². The summed E-state index contributed by atoms with van der Waals surface area (Å²) in [5, 5.41) is 3.99. The number of aromatic nitrogens is 2. The second-order valence-corrected chi connectivity index (χ2v) is 5.50. The molecule has 2 aromatic rings. The Balaban J connectivity index is 1.84. The van der Waals surface area contributed by atoms with Gasteiger partial charge in [-0.3, -0.25) is 0 Å². The maximum absolute atomic E-state index is 5.88. The molecule has 0 radical (unpaired) electrons. The minimum atomic E-state index is -0.0955. The number of anilines is 1. The van der Waals surface area contributed by atoms with E-state index < -0.39 is 0 Å². The Labute approximate surface area is 120 Å². The molecule has 2 heterocycles. The molecule has 6 nitrogen and oxygen atoms in total. The number of thioether (sulfide) groups is 1. The smallest absolute Gasteiger partial charge is 0.258 e. The SMILES string of the molecule is COc1ccc(-c2nc(C3CSCCO3)no2)cc1N. The molecule has 0 aliphatic carbocycles. The van der Waals surface area contributed by atoms with Gasteiger partial charge in [0.15, 0.2) is 0 Å². The summed E-state index contributed by atoms with van der Waals surface area (Å²) in [5.74, 6) is 3.51. The van der Waals surface area contributed by atoms with E-state index in [0.29, 0.717) is 29.8 Å². The molecule has 0 saturated carbocycles. The van der Waals surface area contributed by atoms with Gasteiger partial charge in [0, 0.05) is 17.1 Å². The highest BCUT2D eigenvalue weighted by atomic mass is 32.2. The third-order valence-electron chi connectivity index (χ3n) is 3.02. The molecule has 1 fully saturated rings. The predicted molar refractivity (Wildman–Crippen MR) is 76.7 cm³/mol. The van der Waals surface area contributed by atoms with Crippen LogP contribution in [0, 0.1) is 0 Å². The van der Waals surface area contributed by atoms with Crippen LogP contribution in [-0.4, -0.2) is 35.4 Å². The minimum Gasteiger partial charge on any atom is -0.495 e. The fraction of sp³-hybridized carbons (Fsp3) is 0.385. The average Bonchev–Trinajstić information content (AvgIpc) is 2.98. The molecule has 0 spiro atoms. The number of hydrogen-bond donors (Lipinski definition) is 1. The quantitative estimate of drug-likeness (QED) is 0.868. The van der Waals surface area contributed by atoms with Crippen LogP contribution in [0.3, 0.4) is 0 Å². The van der Waals surface area contributed by atoms with Crippen molar-refractivity contribution in [1.29, 1.82) is 0 Å². The van der Waals surface area contributed by atoms with Crippen LogP contribution >= 0.6 is 11.8 Å². The van der Waals surface area contributed by atoms with Crippen LogP contribution in [0.25, 0.3) is 11.5 Å². The van der Waals surface area contributed by atoms with Crippen molar-refractivity contribution in [2.45, 2.75) is 6.10 Å². The molecule has 0 amide bonds. The first-order valence-electron chi connectivity index (χ1n) is 6.25. The lowest BCUT2D eigenvalue weighted by Crippen LogP contribution is -2.16. The summed E-state index contributed by atoms with van der Waals surface area (Å²) in [7, 11) is 1.58. The largest absolute Gasteiger partial charge is 0.495 e. The Morgan fingerprint density at radius 3 is 3.05 bits per heavy atom. The number of nitrogens with two attached hydrogens (primary N) is 1. The van der Waals surface area contributed by atoms with Crippen LogP contribution in [0.1, 0.15) is 11.9 Å². The third-order valence-corrected chi connectivity index (χ3v) is 4.02. The summed E-state index contributed by atoms with van der Waals surface area (Å²) in [6.45, 7) is 0.717. The third kappa shape index (κ3) is 2.59. The fourth-order valence-corrected chi connectivity index (χ4v) is 2.83. The zero-order chi connectivity index (χ0) is 13.9. The Morgan fingerprint density at radius 2 is 2.35 bits per heavy atom. The van der Waals surface area contributed by atoms with Crippen molar-refractivity contribution in [1.82, 2.24) is 10.1 Å². The molecule has 2 N–H and O–H groups in total. The van der Waals surface area contributed by atoms with E-state index in [0.717, 1.165) is 17.1 Å². The maximum Gasteiger partial charge on any atom is 0.258 e. The minimum absolute atomic E-state index is 0.0955. The summed E-state index contributed by atoms with van der Waals surface area (Å²) in [5.41, 5.74) is 7.18. The summed E-state index contributed by atoms with van der Waals surface area (Å²) in [4.78, 5) is 4.39. The molecule has 1 saturated heterocycles. The van der Waals surface area contributed by atoms with Crippen LogP contribution in [-0.2, 0) is 4.74 Å². The Morgan fingerprint density at radius 1 is 1.45 bits per heavy atom. The lowest BCUT2D eigenvalue weighted by atomic mass is 10.2. The van der Waals surface area contributed by atoms with Gasteiger partial charge in [-0.2, -0.15) is 16.7 Å². The van der Waals surface area contributed by atoms with E-state index in [-0.39, 0.29) is 6.10 Å². The number of nitrogens with zero attached hydrogens (tertiary/aromatic N) is 2. The molecule has 1 unspecified atom stereocenters. The highest BCUT2D eigenvalue weighted by molar-refractivity contribution is 7.99. The Kier molecular flexibility index (Phi) is 3.79. The molecule has 1 aliphatic rings. The monoisotopic (exact) mass is 293 g/mol. The van der Waals surface area contributed by atoms with Crippen LogP contribution in [0.15, 0.2) is 22.7 Å². The van der Waals surface area contributed by atoms with E-state index >= 15 is 0 Å². The molecule has 7 heteroatoms. The lowest BCUT2D eigenvalue weighted by Gasteiger charge is -2.18. The highest BCUT2D eigenvalue weighted by Crippen LogP contribution is 2.29. The van der Waals surface area contributed by atoms with Crippen LogP contribution in [0.5, 0.6) is 5.75 Å². The van der Waals surface area contributed by atoms with Gasteiger partial charge < -0.3 is 19.7 Å². The number of rotatable bonds is 3. The molecular formula is C13H15N3O3S. The molecule has 20 heavy (non-hydrogen) atoms. The fourth-order valence-electron chi connectivity index (χ4n) is 1.99. The molecule has 106 valence electrons. The van der Waals surface area contributed by atoms with Crippen molar-refractivity contribution in [2.75, 3.05) is 31.0 Å². The molecule has 0 bridgehead atoms. The molecule has 1 aromatic heterocycles. The van der Waals surface area contributed by atoms with Crippen molar-refractivity contribution in [3.05, 3.63) is 24.0 Å². The van der Waals surface area contributed by atoms with Gasteiger partial charge >= 0.3 is 0 Å².